The van der Waals surface area contributed by atoms with Gasteiger partial charge in [-0.3, -0.25) is 14.4 Å². The average Bonchev–Trinajstić information content (AvgIpc) is 3.24. The van der Waals surface area contributed by atoms with E-state index in [1.165, 1.54) is 0 Å². The van der Waals surface area contributed by atoms with Crippen LogP contribution in [-0.2, 0) is 9.59 Å². The normalized spacial score (nSPS) is 20.5. The summed E-state index contributed by atoms with van der Waals surface area (Å²) in [5, 5.41) is 2.70. The fraction of sp³-hybridized carbons (Fsp3) is 0.444. The van der Waals surface area contributed by atoms with Crippen LogP contribution >= 0.6 is 0 Å². The summed E-state index contributed by atoms with van der Waals surface area (Å²) >= 11 is 0. The molecular weight excluding hydrogens is 336 g/mol. The van der Waals surface area contributed by atoms with Crippen LogP contribution in [0.4, 0.5) is 0 Å². The molecule has 1 aromatic heterocycles. The van der Waals surface area contributed by atoms with Crippen molar-refractivity contribution in [3.63, 3.8) is 0 Å². The van der Waals surface area contributed by atoms with Crippen LogP contribution in [0.3, 0.4) is 0 Å². The van der Waals surface area contributed by atoms with Crippen molar-refractivity contribution < 1.29 is 18.8 Å². The van der Waals surface area contributed by atoms with Gasteiger partial charge in [-0.25, -0.2) is 4.98 Å². The summed E-state index contributed by atoms with van der Waals surface area (Å²) < 4.78 is 5.43. The number of aryl methyl sites for hydroxylation is 1. The van der Waals surface area contributed by atoms with Crippen molar-refractivity contribution in [3.8, 4) is 0 Å². The Balaban J connectivity index is 1.39. The monoisotopic (exact) mass is 356 g/mol. The number of amides is 3. The molecule has 0 spiro atoms. The summed E-state index contributed by atoms with van der Waals surface area (Å²) in [5.74, 6) is 0.364. The Bertz CT molecular complexity index is 882. The maximum Gasteiger partial charge on any atom is 0.254 e. The highest BCUT2D eigenvalue weighted by molar-refractivity contribution is 5.97. The highest BCUT2D eigenvalue weighted by Gasteiger charge is 2.33. The van der Waals surface area contributed by atoms with Gasteiger partial charge in [0, 0.05) is 45.1 Å². The number of fused-ring (bicyclic) bond motifs is 1. The standard InChI is InChI=1S/C18H20N4O4/c1-11-19-14-10-12(2-4-15(14)26-11)17(24)21-6-8-22(9-7-21)18(25)13-3-5-16(23)20-13/h2,4,10,13H,3,5-9H2,1H3,(H,20,23). The van der Waals surface area contributed by atoms with Crippen LogP contribution in [0.15, 0.2) is 22.6 Å². The quantitative estimate of drug-likeness (QED) is 0.854. The molecule has 1 unspecified atom stereocenters. The van der Waals surface area contributed by atoms with Gasteiger partial charge in [-0.1, -0.05) is 0 Å². The number of carbonyl (C=O) groups is 3. The Labute approximate surface area is 150 Å². The highest BCUT2D eigenvalue weighted by atomic mass is 16.3. The lowest BCUT2D eigenvalue weighted by atomic mass is 10.1. The molecule has 26 heavy (non-hydrogen) atoms. The van der Waals surface area contributed by atoms with E-state index in [2.05, 4.69) is 10.3 Å². The molecule has 2 fully saturated rings. The van der Waals surface area contributed by atoms with Gasteiger partial charge in [-0.15, -0.1) is 0 Å². The Kier molecular flexibility index (Phi) is 4.10. The first kappa shape index (κ1) is 16.6. The predicted molar refractivity (Wildman–Crippen MR) is 92.4 cm³/mol. The summed E-state index contributed by atoms with van der Waals surface area (Å²) in [6.07, 6.45) is 0.951. The van der Waals surface area contributed by atoms with E-state index in [0.29, 0.717) is 61.6 Å². The topological polar surface area (TPSA) is 95.8 Å². The molecule has 1 N–H and O–H groups in total. The van der Waals surface area contributed by atoms with Crippen molar-refractivity contribution in [2.24, 2.45) is 0 Å². The van der Waals surface area contributed by atoms with Gasteiger partial charge < -0.3 is 19.5 Å². The molecular formula is C18H20N4O4. The molecule has 8 heteroatoms. The van der Waals surface area contributed by atoms with Crippen LogP contribution < -0.4 is 5.32 Å². The maximum atomic E-state index is 12.7. The van der Waals surface area contributed by atoms with Crippen molar-refractivity contribution in [2.75, 3.05) is 26.2 Å². The third-order valence-corrected chi connectivity index (χ3v) is 4.91. The Hall–Kier alpha value is -2.90. The number of hydrogen-bond donors (Lipinski definition) is 1. The molecule has 3 heterocycles. The second-order valence-electron chi connectivity index (χ2n) is 6.69. The van der Waals surface area contributed by atoms with E-state index in [1.54, 1.807) is 34.9 Å². The zero-order chi connectivity index (χ0) is 18.3. The van der Waals surface area contributed by atoms with E-state index in [4.69, 9.17) is 4.42 Å². The summed E-state index contributed by atoms with van der Waals surface area (Å²) in [5.41, 5.74) is 1.89. The second kappa shape index (κ2) is 6.44. The zero-order valence-electron chi connectivity index (χ0n) is 14.5. The number of hydrogen-bond acceptors (Lipinski definition) is 5. The third-order valence-electron chi connectivity index (χ3n) is 4.91. The fourth-order valence-corrected chi connectivity index (χ4v) is 3.51. The molecule has 2 aliphatic heterocycles. The van der Waals surface area contributed by atoms with Crippen LogP contribution in [0.1, 0.15) is 29.1 Å². The van der Waals surface area contributed by atoms with Crippen LogP contribution in [-0.4, -0.2) is 64.7 Å². The lowest BCUT2D eigenvalue weighted by Gasteiger charge is -2.35. The Morgan fingerprint density at radius 2 is 1.92 bits per heavy atom. The second-order valence-corrected chi connectivity index (χ2v) is 6.69. The number of nitrogens with one attached hydrogen (secondary N) is 1. The maximum absolute atomic E-state index is 12.7. The predicted octanol–water partition coefficient (Wildman–Crippen LogP) is 0.699. The molecule has 0 saturated carbocycles. The van der Waals surface area contributed by atoms with Gasteiger partial charge in [0.05, 0.1) is 0 Å². The van der Waals surface area contributed by atoms with Crippen LogP contribution in [0, 0.1) is 6.92 Å². The number of carbonyl (C=O) groups excluding carboxylic acids is 3. The van der Waals surface area contributed by atoms with Gasteiger partial charge in [0.25, 0.3) is 5.91 Å². The van der Waals surface area contributed by atoms with Crippen molar-refractivity contribution in [2.45, 2.75) is 25.8 Å². The minimum absolute atomic E-state index is 0.0533. The summed E-state index contributed by atoms with van der Waals surface area (Å²) in [6.45, 7) is 3.66. The van der Waals surface area contributed by atoms with Crippen molar-refractivity contribution in [1.29, 1.82) is 0 Å². The summed E-state index contributed by atoms with van der Waals surface area (Å²) in [4.78, 5) is 44.2. The van der Waals surface area contributed by atoms with Gasteiger partial charge in [0.15, 0.2) is 11.5 Å². The first-order valence-corrected chi connectivity index (χ1v) is 8.76. The van der Waals surface area contributed by atoms with Gasteiger partial charge >= 0.3 is 0 Å². The molecule has 3 amide bonds. The van der Waals surface area contributed by atoms with Crippen molar-refractivity contribution in [3.05, 3.63) is 29.7 Å². The highest BCUT2D eigenvalue weighted by Crippen LogP contribution is 2.19. The molecule has 2 aromatic rings. The number of piperazine rings is 1. The molecule has 2 aliphatic rings. The minimum atomic E-state index is -0.414. The van der Waals surface area contributed by atoms with Crippen LogP contribution in [0.2, 0.25) is 0 Å². The average molecular weight is 356 g/mol. The van der Waals surface area contributed by atoms with Crippen molar-refractivity contribution >= 4 is 28.8 Å². The number of nitrogens with zero attached hydrogens (tertiary/aromatic N) is 3. The summed E-state index contributed by atoms with van der Waals surface area (Å²) in [7, 11) is 0. The molecule has 0 radical (unpaired) electrons. The smallest absolute Gasteiger partial charge is 0.254 e. The van der Waals surface area contributed by atoms with E-state index in [1.807, 2.05) is 0 Å². The number of aromatic nitrogens is 1. The SMILES string of the molecule is Cc1nc2cc(C(=O)N3CCN(C(=O)C4CCC(=O)N4)CC3)ccc2o1. The molecule has 136 valence electrons. The van der Waals surface area contributed by atoms with E-state index in [-0.39, 0.29) is 17.7 Å². The molecule has 0 aliphatic carbocycles. The first-order chi connectivity index (χ1) is 12.5. The number of rotatable bonds is 2. The van der Waals surface area contributed by atoms with Gasteiger partial charge in [0.1, 0.15) is 11.6 Å². The molecule has 1 atom stereocenters. The number of oxazole rings is 1. The zero-order valence-corrected chi connectivity index (χ0v) is 14.5. The van der Waals surface area contributed by atoms with E-state index in [9.17, 15) is 14.4 Å². The molecule has 0 bridgehead atoms. The largest absolute Gasteiger partial charge is 0.441 e. The van der Waals surface area contributed by atoms with Crippen LogP contribution in [0.5, 0.6) is 0 Å². The van der Waals surface area contributed by atoms with E-state index >= 15 is 0 Å². The van der Waals surface area contributed by atoms with E-state index in [0.717, 1.165) is 0 Å². The lowest BCUT2D eigenvalue weighted by Crippen LogP contribution is -2.54. The Morgan fingerprint density at radius 1 is 1.19 bits per heavy atom. The first-order valence-electron chi connectivity index (χ1n) is 8.76. The summed E-state index contributed by atoms with van der Waals surface area (Å²) in [6, 6.07) is 4.81. The van der Waals surface area contributed by atoms with Gasteiger partial charge in [-0.2, -0.15) is 0 Å². The molecule has 8 nitrogen and oxygen atoms in total. The fourth-order valence-electron chi connectivity index (χ4n) is 3.51. The van der Waals surface area contributed by atoms with Crippen LogP contribution in [0.25, 0.3) is 11.1 Å². The van der Waals surface area contributed by atoms with Crippen molar-refractivity contribution in [1.82, 2.24) is 20.1 Å². The van der Waals surface area contributed by atoms with E-state index < -0.39 is 6.04 Å². The molecule has 1 aromatic carbocycles. The lowest BCUT2D eigenvalue weighted by molar-refractivity contribution is -0.135. The van der Waals surface area contributed by atoms with Gasteiger partial charge in [-0.05, 0) is 24.6 Å². The third kappa shape index (κ3) is 3.02. The Morgan fingerprint density at radius 3 is 2.62 bits per heavy atom. The molecule has 2 saturated heterocycles. The molecule has 4 rings (SSSR count). The van der Waals surface area contributed by atoms with Gasteiger partial charge in [0.2, 0.25) is 11.8 Å². The number of benzene rings is 1. The minimum Gasteiger partial charge on any atom is -0.441 e.